The minimum Gasteiger partial charge on any atom is -0.423 e. The van der Waals surface area contributed by atoms with Crippen molar-refractivity contribution in [1.82, 2.24) is 15.6 Å². The average Bonchev–Trinajstić information content (AvgIpc) is 3.09. The molecule has 28 heavy (non-hydrogen) atoms. The number of ether oxygens (including phenoxy) is 1. The third-order valence-corrected chi connectivity index (χ3v) is 4.11. The second-order valence-corrected chi connectivity index (χ2v) is 6.56. The number of hydrazone groups is 1. The number of esters is 1. The zero-order valence-corrected chi connectivity index (χ0v) is 16.1. The Bertz CT molecular complexity index is 1050. The van der Waals surface area contributed by atoms with Crippen molar-refractivity contribution in [3.8, 4) is 5.75 Å². The van der Waals surface area contributed by atoms with Crippen LogP contribution in [-0.4, -0.2) is 28.3 Å². The summed E-state index contributed by atoms with van der Waals surface area (Å²) in [6, 6.07) is 12.7. The molecule has 0 unspecified atom stereocenters. The van der Waals surface area contributed by atoms with Gasteiger partial charge in [0.15, 0.2) is 5.69 Å². The first-order valence-electron chi connectivity index (χ1n) is 8.05. The summed E-state index contributed by atoms with van der Waals surface area (Å²) >= 11 is 11.8. The van der Waals surface area contributed by atoms with E-state index in [0.717, 1.165) is 5.69 Å². The maximum atomic E-state index is 12.2. The van der Waals surface area contributed by atoms with Crippen LogP contribution in [0, 0.1) is 6.92 Å². The van der Waals surface area contributed by atoms with Crippen LogP contribution in [0.15, 0.2) is 53.6 Å². The van der Waals surface area contributed by atoms with E-state index >= 15 is 0 Å². The van der Waals surface area contributed by atoms with Crippen LogP contribution in [-0.2, 0) is 0 Å². The molecule has 0 radical (unpaired) electrons. The van der Waals surface area contributed by atoms with Crippen molar-refractivity contribution in [2.75, 3.05) is 0 Å². The van der Waals surface area contributed by atoms with Gasteiger partial charge in [0.05, 0.1) is 16.8 Å². The van der Waals surface area contributed by atoms with Gasteiger partial charge in [-0.2, -0.15) is 10.2 Å². The lowest BCUT2D eigenvalue weighted by Crippen LogP contribution is -2.18. The van der Waals surface area contributed by atoms with Gasteiger partial charge < -0.3 is 4.74 Å². The number of nitrogens with zero attached hydrogens (tertiary/aromatic N) is 2. The number of carbonyl (C=O) groups is 2. The van der Waals surface area contributed by atoms with Gasteiger partial charge in [0.1, 0.15) is 5.75 Å². The molecule has 3 rings (SSSR count). The first kappa shape index (κ1) is 19.6. The number of aryl methyl sites for hydroxylation is 1. The molecule has 1 heterocycles. The molecule has 142 valence electrons. The summed E-state index contributed by atoms with van der Waals surface area (Å²) in [5.41, 5.74) is 4.31. The Kier molecular flexibility index (Phi) is 6.08. The summed E-state index contributed by atoms with van der Waals surface area (Å²) in [4.78, 5) is 24.0. The Labute approximate surface area is 170 Å². The maximum Gasteiger partial charge on any atom is 0.345 e. The zero-order valence-electron chi connectivity index (χ0n) is 14.6. The van der Waals surface area contributed by atoms with Crippen LogP contribution in [0.3, 0.4) is 0 Å². The molecule has 3 aromatic rings. The molecule has 0 fully saturated rings. The van der Waals surface area contributed by atoms with Crippen LogP contribution < -0.4 is 10.2 Å². The zero-order chi connectivity index (χ0) is 20.1. The highest BCUT2D eigenvalue weighted by atomic mass is 35.5. The van der Waals surface area contributed by atoms with E-state index in [1.807, 2.05) is 0 Å². The molecule has 0 bridgehead atoms. The molecular weight excluding hydrogens is 403 g/mol. The molecule has 0 aliphatic carbocycles. The van der Waals surface area contributed by atoms with Gasteiger partial charge in [-0.25, -0.2) is 10.2 Å². The highest BCUT2D eigenvalue weighted by molar-refractivity contribution is 6.36. The maximum absolute atomic E-state index is 12.2. The van der Waals surface area contributed by atoms with E-state index in [9.17, 15) is 9.59 Å². The third kappa shape index (κ3) is 4.97. The molecule has 2 aromatic carbocycles. The first-order chi connectivity index (χ1) is 13.4. The fraction of sp³-hybridized carbons (Fsp3) is 0.0526. The molecule has 0 saturated heterocycles. The summed E-state index contributed by atoms with van der Waals surface area (Å²) in [6.07, 6.45) is 1.46. The molecule has 9 heteroatoms. The van der Waals surface area contributed by atoms with E-state index in [1.54, 1.807) is 43.3 Å². The Morgan fingerprint density at radius 3 is 2.54 bits per heavy atom. The van der Waals surface area contributed by atoms with Gasteiger partial charge >= 0.3 is 5.97 Å². The van der Waals surface area contributed by atoms with Crippen LogP contribution in [0.5, 0.6) is 5.75 Å². The molecule has 2 N–H and O–H groups in total. The molecule has 0 saturated carbocycles. The van der Waals surface area contributed by atoms with E-state index in [0.29, 0.717) is 16.3 Å². The first-order valence-corrected chi connectivity index (χ1v) is 8.80. The van der Waals surface area contributed by atoms with E-state index in [2.05, 4.69) is 20.7 Å². The molecule has 7 nitrogen and oxygen atoms in total. The lowest BCUT2D eigenvalue weighted by Gasteiger charge is -2.06. The molecule has 0 aliphatic rings. The smallest absolute Gasteiger partial charge is 0.345 e. The number of halogens is 2. The Morgan fingerprint density at radius 1 is 1.14 bits per heavy atom. The Balaban J connectivity index is 1.58. The molecule has 0 aliphatic heterocycles. The van der Waals surface area contributed by atoms with E-state index < -0.39 is 11.9 Å². The van der Waals surface area contributed by atoms with Crippen molar-refractivity contribution in [3.63, 3.8) is 0 Å². The van der Waals surface area contributed by atoms with Gasteiger partial charge in [-0.05, 0) is 61.0 Å². The number of hydrogen-bond acceptors (Lipinski definition) is 5. The number of amides is 1. The fourth-order valence-corrected chi connectivity index (χ4v) is 2.68. The number of benzene rings is 2. The van der Waals surface area contributed by atoms with Crippen molar-refractivity contribution in [2.24, 2.45) is 5.10 Å². The number of carbonyl (C=O) groups excluding carboxylic acids is 2. The second kappa shape index (κ2) is 8.69. The van der Waals surface area contributed by atoms with Gasteiger partial charge in [0, 0.05) is 10.7 Å². The van der Waals surface area contributed by atoms with Gasteiger partial charge in [0.2, 0.25) is 0 Å². The van der Waals surface area contributed by atoms with Crippen molar-refractivity contribution >= 4 is 41.3 Å². The highest BCUT2D eigenvalue weighted by Gasteiger charge is 2.13. The predicted octanol–water partition coefficient (Wildman–Crippen LogP) is 4.01. The van der Waals surface area contributed by atoms with E-state index in [-0.39, 0.29) is 16.3 Å². The summed E-state index contributed by atoms with van der Waals surface area (Å²) in [5.74, 6) is -0.681. The highest BCUT2D eigenvalue weighted by Crippen LogP contribution is 2.22. The second-order valence-electron chi connectivity index (χ2n) is 5.72. The number of aromatic nitrogens is 2. The minimum absolute atomic E-state index is 0.212. The van der Waals surface area contributed by atoms with Crippen molar-refractivity contribution in [3.05, 3.63) is 81.1 Å². The number of aromatic amines is 1. The average molecular weight is 417 g/mol. The van der Waals surface area contributed by atoms with Crippen molar-refractivity contribution in [2.45, 2.75) is 6.92 Å². The van der Waals surface area contributed by atoms with Gasteiger partial charge in [0.25, 0.3) is 5.91 Å². The summed E-state index contributed by atoms with van der Waals surface area (Å²) in [6.45, 7) is 1.79. The molecular formula is C19H14Cl2N4O3. The van der Waals surface area contributed by atoms with Crippen LogP contribution in [0.25, 0.3) is 0 Å². The minimum atomic E-state index is -0.593. The lowest BCUT2D eigenvalue weighted by atomic mass is 10.2. The summed E-state index contributed by atoms with van der Waals surface area (Å²) < 4.78 is 5.29. The predicted molar refractivity (Wildman–Crippen MR) is 106 cm³/mol. The third-order valence-electron chi connectivity index (χ3n) is 3.56. The monoisotopic (exact) mass is 416 g/mol. The SMILES string of the molecule is Cc1cc(C(=O)N/N=C\c2ccc(OC(=O)c3ccc(Cl)cc3Cl)cc2)n[nH]1. The Morgan fingerprint density at radius 2 is 1.89 bits per heavy atom. The largest absolute Gasteiger partial charge is 0.423 e. The summed E-state index contributed by atoms with van der Waals surface area (Å²) in [5, 5.41) is 11.0. The van der Waals surface area contributed by atoms with Gasteiger partial charge in [-0.3, -0.25) is 9.89 Å². The molecule has 1 amide bonds. The quantitative estimate of drug-likeness (QED) is 0.284. The van der Waals surface area contributed by atoms with Crippen LogP contribution in [0.1, 0.15) is 32.1 Å². The summed E-state index contributed by atoms with van der Waals surface area (Å²) in [7, 11) is 0. The van der Waals surface area contributed by atoms with Crippen LogP contribution >= 0.6 is 23.2 Å². The van der Waals surface area contributed by atoms with Gasteiger partial charge in [-0.15, -0.1) is 0 Å². The molecule has 0 atom stereocenters. The van der Waals surface area contributed by atoms with Crippen molar-refractivity contribution < 1.29 is 14.3 Å². The van der Waals surface area contributed by atoms with Crippen LogP contribution in [0.4, 0.5) is 0 Å². The topological polar surface area (TPSA) is 96.4 Å². The Hall–Kier alpha value is -3.16. The van der Waals surface area contributed by atoms with Crippen LogP contribution in [0.2, 0.25) is 10.0 Å². The number of rotatable bonds is 5. The normalized spacial score (nSPS) is 10.8. The van der Waals surface area contributed by atoms with E-state index in [4.69, 9.17) is 27.9 Å². The fourth-order valence-electron chi connectivity index (χ4n) is 2.20. The van der Waals surface area contributed by atoms with Crippen molar-refractivity contribution in [1.29, 1.82) is 0 Å². The molecule has 1 aromatic heterocycles. The number of H-pyrrole nitrogens is 1. The number of hydrogen-bond donors (Lipinski definition) is 2. The lowest BCUT2D eigenvalue weighted by molar-refractivity contribution is 0.0734. The van der Waals surface area contributed by atoms with E-state index in [1.165, 1.54) is 18.3 Å². The molecule has 0 spiro atoms. The standard InChI is InChI=1S/C19H14Cl2N4O3/c1-11-8-17(24-23-11)18(26)25-22-10-12-2-5-14(6-3-12)28-19(27)15-7-4-13(20)9-16(15)21/h2-10H,1H3,(H,23,24)(H,25,26)/b22-10-. The number of nitrogens with one attached hydrogen (secondary N) is 2. The van der Waals surface area contributed by atoms with Gasteiger partial charge in [-0.1, -0.05) is 23.2 Å².